The van der Waals surface area contributed by atoms with E-state index in [4.69, 9.17) is 0 Å². The van der Waals surface area contributed by atoms with Crippen molar-refractivity contribution < 1.29 is 24.0 Å². The third kappa shape index (κ3) is 4.93. The second-order valence-corrected chi connectivity index (χ2v) is 8.43. The number of rotatable bonds is 6. The van der Waals surface area contributed by atoms with Crippen LogP contribution in [0.4, 0.5) is 16.2 Å². The number of carbonyl (C=O) groups is 5. The highest BCUT2D eigenvalue weighted by atomic mass is 32.2. The van der Waals surface area contributed by atoms with Crippen molar-refractivity contribution in [1.29, 1.82) is 0 Å². The first-order valence-corrected chi connectivity index (χ1v) is 9.94. The number of nitrogens with one attached hydrogen (secondary N) is 4. The lowest BCUT2D eigenvalue weighted by Crippen LogP contribution is -2.28. The number of amides is 5. The molecule has 1 aromatic carbocycles. The van der Waals surface area contributed by atoms with Crippen LogP contribution in [-0.4, -0.2) is 39.4 Å². The van der Waals surface area contributed by atoms with E-state index in [0.717, 1.165) is 11.8 Å². The van der Waals surface area contributed by atoms with Crippen molar-refractivity contribution in [3.05, 3.63) is 35.9 Å². The van der Waals surface area contributed by atoms with Gasteiger partial charge in [0.2, 0.25) is 23.6 Å². The van der Waals surface area contributed by atoms with E-state index < -0.39 is 27.6 Å². The molecule has 2 fully saturated rings. The summed E-state index contributed by atoms with van der Waals surface area (Å²) in [6.07, 6.45) is -0.218. The summed E-state index contributed by atoms with van der Waals surface area (Å²) < 4.78 is 0. The Balaban J connectivity index is 1.59. The van der Waals surface area contributed by atoms with Gasteiger partial charge in [0.25, 0.3) is 5.24 Å². The number of benzene rings is 1. The van der Waals surface area contributed by atoms with Gasteiger partial charge in [-0.2, -0.15) is 0 Å². The zero-order valence-corrected chi connectivity index (χ0v) is 16.1. The summed E-state index contributed by atoms with van der Waals surface area (Å²) in [7, 11) is 0. The topological polar surface area (TPSA) is 133 Å². The van der Waals surface area contributed by atoms with Gasteiger partial charge >= 0.3 is 0 Å². The lowest BCUT2D eigenvalue weighted by molar-refractivity contribution is -0.122. The van der Waals surface area contributed by atoms with Crippen molar-refractivity contribution in [3.63, 3.8) is 0 Å². The van der Waals surface area contributed by atoms with Crippen LogP contribution >= 0.6 is 23.5 Å². The van der Waals surface area contributed by atoms with Crippen LogP contribution in [-0.2, 0) is 19.2 Å². The van der Waals surface area contributed by atoms with Gasteiger partial charge < -0.3 is 16.0 Å². The van der Waals surface area contributed by atoms with Crippen LogP contribution in [0, 0.1) is 0 Å². The molecule has 0 spiro atoms. The maximum absolute atomic E-state index is 12.3. The third-order valence-corrected chi connectivity index (χ3v) is 5.86. The molecule has 28 heavy (non-hydrogen) atoms. The Bertz CT molecular complexity index is 817. The Kier molecular flexibility index (Phi) is 6.05. The predicted molar refractivity (Wildman–Crippen MR) is 107 cm³/mol. The SMILES string of the molecule is C=C1NC(=O)[C@@H](CC(=O)Nc2ccccc2NC(=O)C[C@H]2SC(=O)NC2=O)S1. The number of anilines is 2. The summed E-state index contributed by atoms with van der Waals surface area (Å²) in [6, 6.07) is 6.56. The number of para-hydroxylation sites is 2. The molecule has 4 N–H and O–H groups in total. The highest BCUT2D eigenvalue weighted by molar-refractivity contribution is 8.15. The van der Waals surface area contributed by atoms with E-state index in [0.29, 0.717) is 16.4 Å². The molecule has 0 saturated carbocycles. The molecular weight excluding hydrogens is 404 g/mol. The molecule has 0 aliphatic carbocycles. The van der Waals surface area contributed by atoms with Gasteiger partial charge in [0.15, 0.2) is 0 Å². The minimum atomic E-state index is -0.778. The van der Waals surface area contributed by atoms with Gasteiger partial charge in [-0.05, 0) is 12.1 Å². The Labute approximate surface area is 168 Å². The molecule has 2 aliphatic heterocycles. The molecule has 0 radical (unpaired) electrons. The van der Waals surface area contributed by atoms with E-state index in [9.17, 15) is 24.0 Å². The van der Waals surface area contributed by atoms with E-state index >= 15 is 0 Å². The van der Waals surface area contributed by atoms with E-state index in [1.165, 1.54) is 11.8 Å². The van der Waals surface area contributed by atoms with Crippen molar-refractivity contribution in [3.8, 4) is 0 Å². The number of hydrogen-bond donors (Lipinski definition) is 4. The summed E-state index contributed by atoms with van der Waals surface area (Å²) in [4.78, 5) is 59.0. The number of thioether (sulfide) groups is 2. The Hall–Kier alpha value is -2.79. The summed E-state index contributed by atoms with van der Waals surface area (Å²) in [5.41, 5.74) is 0.714. The maximum atomic E-state index is 12.3. The largest absolute Gasteiger partial charge is 0.324 e. The smallest absolute Gasteiger partial charge is 0.286 e. The van der Waals surface area contributed by atoms with E-state index in [-0.39, 0.29) is 24.7 Å². The molecule has 2 heterocycles. The lowest BCUT2D eigenvalue weighted by atomic mass is 10.2. The first kappa shape index (κ1) is 20.0. The average Bonchev–Trinajstić information content (AvgIpc) is 3.09. The summed E-state index contributed by atoms with van der Waals surface area (Å²) in [6.45, 7) is 3.65. The number of carbonyl (C=O) groups excluding carboxylic acids is 5. The molecule has 3 rings (SSSR count). The van der Waals surface area contributed by atoms with Crippen LogP contribution in [0.15, 0.2) is 35.9 Å². The molecule has 2 atom stereocenters. The maximum Gasteiger partial charge on any atom is 0.286 e. The van der Waals surface area contributed by atoms with Crippen LogP contribution in [0.3, 0.4) is 0 Å². The van der Waals surface area contributed by atoms with Crippen molar-refractivity contribution in [2.75, 3.05) is 10.6 Å². The molecule has 11 heteroatoms. The Morgan fingerprint density at radius 1 is 0.893 bits per heavy atom. The van der Waals surface area contributed by atoms with Gasteiger partial charge in [-0.15, -0.1) is 0 Å². The van der Waals surface area contributed by atoms with Gasteiger partial charge in [0.1, 0.15) is 5.25 Å². The number of hydrogen-bond acceptors (Lipinski definition) is 7. The van der Waals surface area contributed by atoms with Crippen LogP contribution in [0.1, 0.15) is 12.8 Å². The molecule has 2 aliphatic rings. The molecular formula is C17H16N4O5S2. The fraction of sp³-hybridized carbons (Fsp3) is 0.235. The standard InChI is InChI=1S/C17H16N4O5S2/c1-8-18-15(24)11(27-8)6-13(22)19-9-4-2-3-5-10(9)20-14(23)7-12-16(25)21-17(26)28-12/h2-5,11-12H,1,6-7H2,(H,18,24)(H,19,22)(H,20,23)(H,21,25,26)/t11-,12-/m1/s1. The van der Waals surface area contributed by atoms with Crippen molar-refractivity contribution in [2.24, 2.45) is 0 Å². The normalized spacial score (nSPS) is 21.3. The molecule has 9 nitrogen and oxygen atoms in total. The number of imide groups is 1. The lowest BCUT2D eigenvalue weighted by Gasteiger charge is -2.13. The average molecular weight is 420 g/mol. The van der Waals surface area contributed by atoms with Crippen molar-refractivity contribution in [1.82, 2.24) is 10.6 Å². The fourth-order valence-corrected chi connectivity index (χ4v) is 4.30. The first-order chi connectivity index (χ1) is 13.3. The van der Waals surface area contributed by atoms with Crippen molar-refractivity contribution in [2.45, 2.75) is 23.3 Å². The van der Waals surface area contributed by atoms with Crippen LogP contribution in [0.25, 0.3) is 0 Å². The van der Waals surface area contributed by atoms with E-state index in [1.54, 1.807) is 24.3 Å². The minimum Gasteiger partial charge on any atom is -0.324 e. The molecule has 0 aromatic heterocycles. The second kappa shape index (κ2) is 8.48. The molecule has 5 amide bonds. The van der Waals surface area contributed by atoms with E-state index in [2.05, 4.69) is 27.8 Å². The molecule has 0 bridgehead atoms. The van der Waals surface area contributed by atoms with Gasteiger partial charge in [-0.3, -0.25) is 29.3 Å². The molecule has 1 aromatic rings. The fourth-order valence-electron chi connectivity index (χ4n) is 2.57. The quantitative estimate of drug-likeness (QED) is 0.547. The van der Waals surface area contributed by atoms with Gasteiger partial charge in [-0.25, -0.2) is 0 Å². The van der Waals surface area contributed by atoms with Crippen LogP contribution in [0.5, 0.6) is 0 Å². The molecule has 0 unspecified atom stereocenters. The molecule has 2 saturated heterocycles. The Morgan fingerprint density at radius 3 is 1.82 bits per heavy atom. The van der Waals surface area contributed by atoms with Gasteiger partial charge in [0, 0.05) is 12.8 Å². The minimum absolute atomic E-state index is 0.0429. The highest BCUT2D eigenvalue weighted by Gasteiger charge is 2.33. The van der Waals surface area contributed by atoms with Crippen molar-refractivity contribution >= 4 is 63.8 Å². The second-order valence-electron chi connectivity index (χ2n) is 5.95. The Morgan fingerprint density at radius 2 is 1.39 bits per heavy atom. The third-order valence-electron chi connectivity index (χ3n) is 3.82. The monoisotopic (exact) mass is 420 g/mol. The zero-order valence-electron chi connectivity index (χ0n) is 14.4. The molecule has 146 valence electrons. The summed E-state index contributed by atoms with van der Waals surface area (Å²) >= 11 is 1.96. The van der Waals surface area contributed by atoms with Gasteiger partial charge in [0.05, 0.1) is 21.7 Å². The zero-order chi connectivity index (χ0) is 20.3. The van der Waals surface area contributed by atoms with Crippen LogP contribution < -0.4 is 21.3 Å². The summed E-state index contributed by atoms with van der Waals surface area (Å²) in [5.74, 6) is -1.62. The van der Waals surface area contributed by atoms with Gasteiger partial charge in [-0.1, -0.05) is 42.2 Å². The summed E-state index contributed by atoms with van der Waals surface area (Å²) in [5, 5.41) is 8.67. The first-order valence-electron chi connectivity index (χ1n) is 8.18. The van der Waals surface area contributed by atoms with E-state index in [1.807, 2.05) is 0 Å². The van der Waals surface area contributed by atoms with Crippen LogP contribution in [0.2, 0.25) is 0 Å². The predicted octanol–water partition coefficient (Wildman–Crippen LogP) is 1.40. The highest BCUT2D eigenvalue weighted by Crippen LogP contribution is 2.29.